The van der Waals surface area contributed by atoms with Crippen molar-refractivity contribution >= 4 is 27.9 Å². The minimum atomic E-state index is -0.828. The molecule has 1 aliphatic heterocycles. The monoisotopic (exact) mass is 420 g/mol. The fourth-order valence-electron chi connectivity index (χ4n) is 4.25. The van der Waals surface area contributed by atoms with E-state index in [-0.39, 0.29) is 12.0 Å². The van der Waals surface area contributed by atoms with E-state index < -0.39 is 5.60 Å². The van der Waals surface area contributed by atoms with Crippen LogP contribution in [0, 0.1) is 5.92 Å². The molecule has 0 aliphatic carbocycles. The third-order valence-electron chi connectivity index (χ3n) is 6.61. The van der Waals surface area contributed by atoms with Crippen molar-refractivity contribution in [2.45, 2.75) is 32.4 Å². The van der Waals surface area contributed by atoms with Crippen molar-refractivity contribution in [1.82, 2.24) is 35.0 Å². The topological polar surface area (TPSA) is 108 Å². The highest BCUT2D eigenvalue weighted by atomic mass is 16.3. The Balaban J connectivity index is 1.62. The molecule has 0 unspecified atom stereocenters. The molecule has 9 heteroatoms. The summed E-state index contributed by atoms with van der Waals surface area (Å²) in [5.41, 5.74) is 1.67. The second-order valence-corrected chi connectivity index (χ2v) is 8.81. The first-order valence-corrected chi connectivity index (χ1v) is 10.7. The zero-order valence-electron chi connectivity index (χ0n) is 18.3. The number of piperazine rings is 1. The first-order valence-electron chi connectivity index (χ1n) is 10.7. The van der Waals surface area contributed by atoms with Crippen LogP contribution in [0.15, 0.2) is 30.7 Å². The Hall–Kier alpha value is -3.04. The van der Waals surface area contributed by atoms with Crippen LogP contribution >= 0.6 is 0 Å². The minimum absolute atomic E-state index is 0.0660. The van der Waals surface area contributed by atoms with Gasteiger partial charge in [0.15, 0.2) is 11.5 Å². The van der Waals surface area contributed by atoms with Gasteiger partial charge >= 0.3 is 0 Å². The fourth-order valence-corrected chi connectivity index (χ4v) is 4.25. The van der Waals surface area contributed by atoms with Crippen LogP contribution in [0.4, 0.5) is 5.82 Å². The van der Waals surface area contributed by atoms with Crippen molar-refractivity contribution in [2.24, 2.45) is 13.0 Å². The van der Waals surface area contributed by atoms with Gasteiger partial charge in [-0.05, 0) is 25.0 Å². The molecular formula is C22H28N8O. The first-order chi connectivity index (χ1) is 14.9. The van der Waals surface area contributed by atoms with Gasteiger partial charge in [-0.1, -0.05) is 13.8 Å². The van der Waals surface area contributed by atoms with E-state index in [1.807, 2.05) is 52.3 Å². The Bertz CT molecular complexity index is 1240. The standard InChI is InChI=1S/C22H28N8O/c1-13(2)22(3,31)17-12-30(9-8-23-17)21-16-11-26-29(4)20(16)27-19(28-21)15-10-25-18-14(15)6-5-7-24-18/h5-7,10-11,13,17,23,31H,8-9,12H2,1-4H3,(H,24,25)/t17-,22+/m1/s1. The molecular weight excluding hydrogens is 392 g/mol. The van der Waals surface area contributed by atoms with Crippen LogP contribution in [-0.4, -0.2) is 66.1 Å². The van der Waals surface area contributed by atoms with Crippen LogP contribution in [0.25, 0.3) is 33.5 Å². The molecule has 3 N–H and O–H groups in total. The normalized spacial score (nSPS) is 19.4. The van der Waals surface area contributed by atoms with Crippen LogP contribution in [0.3, 0.4) is 0 Å². The second kappa shape index (κ2) is 7.28. The molecule has 5 heterocycles. The SMILES string of the molecule is CC(C)[C@](C)(O)[C@H]1CN(c2nc(-c3c[nH]c4ncccc34)nc3c2cnn3C)CCN1. The molecule has 162 valence electrons. The number of hydrogen-bond acceptors (Lipinski definition) is 7. The summed E-state index contributed by atoms with van der Waals surface area (Å²) >= 11 is 0. The molecule has 1 saturated heterocycles. The largest absolute Gasteiger partial charge is 0.388 e. The number of aromatic amines is 1. The Morgan fingerprint density at radius 3 is 2.90 bits per heavy atom. The number of anilines is 1. The molecule has 0 bridgehead atoms. The zero-order chi connectivity index (χ0) is 21.8. The second-order valence-electron chi connectivity index (χ2n) is 8.81. The van der Waals surface area contributed by atoms with Crippen molar-refractivity contribution in [3.05, 3.63) is 30.7 Å². The van der Waals surface area contributed by atoms with E-state index in [9.17, 15) is 5.11 Å². The van der Waals surface area contributed by atoms with E-state index in [0.29, 0.717) is 12.4 Å². The Morgan fingerprint density at radius 1 is 1.26 bits per heavy atom. The number of pyridine rings is 1. The van der Waals surface area contributed by atoms with Gasteiger partial charge in [-0.25, -0.2) is 15.0 Å². The maximum Gasteiger partial charge on any atom is 0.166 e. The van der Waals surface area contributed by atoms with Gasteiger partial charge in [-0.2, -0.15) is 5.10 Å². The van der Waals surface area contributed by atoms with Crippen molar-refractivity contribution in [3.63, 3.8) is 0 Å². The highest BCUT2D eigenvalue weighted by molar-refractivity contribution is 5.94. The lowest BCUT2D eigenvalue weighted by atomic mass is 9.84. The van der Waals surface area contributed by atoms with Crippen molar-refractivity contribution < 1.29 is 5.11 Å². The zero-order valence-corrected chi connectivity index (χ0v) is 18.3. The summed E-state index contributed by atoms with van der Waals surface area (Å²) in [6, 6.07) is 3.87. The third kappa shape index (κ3) is 3.24. The van der Waals surface area contributed by atoms with Crippen LogP contribution < -0.4 is 10.2 Å². The number of aryl methyl sites for hydroxylation is 1. The van der Waals surface area contributed by atoms with E-state index >= 15 is 0 Å². The Morgan fingerprint density at radius 2 is 2.10 bits per heavy atom. The summed E-state index contributed by atoms with van der Waals surface area (Å²) in [6.45, 7) is 8.22. The molecule has 0 saturated carbocycles. The van der Waals surface area contributed by atoms with Gasteiger partial charge in [0.1, 0.15) is 11.5 Å². The molecule has 4 aromatic heterocycles. The summed E-state index contributed by atoms with van der Waals surface area (Å²) < 4.78 is 1.78. The van der Waals surface area contributed by atoms with Crippen molar-refractivity contribution in [2.75, 3.05) is 24.5 Å². The lowest BCUT2D eigenvalue weighted by Crippen LogP contribution is -2.62. The summed E-state index contributed by atoms with van der Waals surface area (Å²) in [7, 11) is 1.89. The summed E-state index contributed by atoms with van der Waals surface area (Å²) in [6.07, 6.45) is 5.49. The van der Waals surface area contributed by atoms with Crippen LogP contribution in [0.2, 0.25) is 0 Å². The van der Waals surface area contributed by atoms with Crippen molar-refractivity contribution in [3.8, 4) is 11.4 Å². The molecule has 5 rings (SSSR count). The molecule has 4 aromatic rings. The smallest absolute Gasteiger partial charge is 0.166 e. The third-order valence-corrected chi connectivity index (χ3v) is 6.61. The number of aliphatic hydroxyl groups is 1. The lowest BCUT2D eigenvalue weighted by molar-refractivity contribution is -0.0231. The van der Waals surface area contributed by atoms with Gasteiger partial charge in [0.25, 0.3) is 0 Å². The molecule has 0 amide bonds. The lowest BCUT2D eigenvalue weighted by Gasteiger charge is -2.43. The molecule has 31 heavy (non-hydrogen) atoms. The summed E-state index contributed by atoms with van der Waals surface area (Å²) in [5, 5.41) is 20.9. The highest BCUT2D eigenvalue weighted by Crippen LogP contribution is 2.32. The summed E-state index contributed by atoms with van der Waals surface area (Å²) in [5.74, 6) is 1.61. The fraction of sp³-hybridized carbons (Fsp3) is 0.455. The van der Waals surface area contributed by atoms with E-state index in [1.54, 1.807) is 10.9 Å². The number of H-pyrrole nitrogens is 1. The van der Waals surface area contributed by atoms with Crippen LogP contribution in [0.1, 0.15) is 20.8 Å². The van der Waals surface area contributed by atoms with Gasteiger partial charge in [0.2, 0.25) is 0 Å². The quantitative estimate of drug-likeness (QED) is 0.464. The maximum absolute atomic E-state index is 11.1. The first kappa shape index (κ1) is 19.9. The highest BCUT2D eigenvalue weighted by Gasteiger charge is 2.38. The van der Waals surface area contributed by atoms with Gasteiger partial charge < -0.3 is 20.3 Å². The number of fused-ring (bicyclic) bond motifs is 2. The van der Waals surface area contributed by atoms with Gasteiger partial charge in [0, 0.05) is 50.0 Å². The maximum atomic E-state index is 11.1. The van der Waals surface area contributed by atoms with Gasteiger partial charge in [-0.15, -0.1) is 0 Å². The number of nitrogens with one attached hydrogen (secondary N) is 2. The number of hydrogen-bond donors (Lipinski definition) is 3. The molecule has 1 fully saturated rings. The summed E-state index contributed by atoms with van der Waals surface area (Å²) in [4.78, 5) is 19.7. The molecule has 9 nitrogen and oxygen atoms in total. The van der Waals surface area contributed by atoms with Crippen molar-refractivity contribution in [1.29, 1.82) is 0 Å². The molecule has 2 atom stereocenters. The number of aromatic nitrogens is 6. The van der Waals surface area contributed by atoms with E-state index in [4.69, 9.17) is 9.97 Å². The van der Waals surface area contributed by atoms with Crippen LogP contribution in [0.5, 0.6) is 0 Å². The minimum Gasteiger partial charge on any atom is -0.388 e. The Kier molecular flexibility index (Phi) is 4.67. The average Bonchev–Trinajstić information content (AvgIpc) is 3.37. The Labute approximate surface area is 180 Å². The molecule has 0 aromatic carbocycles. The molecule has 1 aliphatic rings. The van der Waals surface area contributed by atoms with E-state index in [1.165, 1.54) is 0 Å². The predicted octanol–water partition coefficient (Wildman–Crippen LogP) is 2.09. The molecule has 0 spiro atoms. The predicted molar refractivity (Wildman–Crippen MR) is 121 cm³/mol. The van der Waals surface area contributed by atoms with E-state index in [0.717, 1.165) is 46.5 Å². The molecule has 0 radical (unpaired) electrons. The van der Waals surface area contributed by atoms with Gasteiger partial charge in [-0.3, -0.25) is 4.68 Å². The van der Waals surface area contributed by atoms with E-state index in [2.05, 4.69) is 25.3 Å². The average molecular weight is 421 g/mol. The number of nitrogens with zero attached hydrogens (tertiary/aromatic N) is 6. The van der Waals surface area contributed by atoms with Gasteiger partial charge in [0.05, 0.1) is 23.2 Å². The number of rotatable bonds is 4. The van der Waals surface area contributed by atoms with Crippen LogP contribution in [-0.2, 0) is 7.05 Å².